The van der Waals surface area contributed by atoms with Gasteiger partial charge in [-0.15, -0.1) is 0 Å². The number of hydrogen-bond acceptors (Lipinski definition) is 7. The number of pyridine rings is 1. The summed E-state index contributed by atoms with van der Waals surface area (Å²) < 4.78 is 1.94. The molecule has 0 bridgehead atoms. The van der Waals surface area contributed by atoms with Gasteiger partial charge in [0.15, 0.2) is 11.5 Å². The fourth-order valence-corrected chi connectivity index (χ4v) is 6.89. The van der Waals surface area contributed by atoms with E-state index < -0.39 is 0 Å². The van der Waals surface area contributed by atoms with Crippen LogP contribution in [0.25, 0.3) is 16.8 Å². The molecule has 0 atom stereocenters. The summed E-state index contributed by atoms with van der Waals surface area (Å²) in [6.45, 7) is 11.5. The molecule has 0 radical (unpaired) electrons. The minimum Gasteiger partial charge on any atom is -0.371 e. The first-order chi connectivity index (χ1) is 20.6. The van der Waals surface area contributed by atoms with Gasteiger partial charge < -0.3 is 19.6 Å². The Bertz CT molecular complexity index is 1470. The summed E-state index contributed by atoms with van der Waals surface area (Å²) in [5, 5.41) is 4.86. The van der Waals surface area contributed by atoms with Crippen LogP contribution < -0.4 is 9.80 Å². The molecule has 0 spiro atoms. The van der Waals surface area contributed by atoms with Crippen LogP contribution in [0.15, 0.2) is 66.9 Å². The Kier molecular flexibility index (Phi) is 7.84. The van der Waals surface area contributed by atoms with E-state index in [9.17, 15) is 0 Å². The van der Waals surface area contributed by atoms with E-state index in [4.69, 9.17) is 10.1 Å². The number of anilines is 2. The molecule has 3 saturated heterocycles. The molecule has 2 aromatic heterocycles. The second-order valence-electron chi connectivity index (χ2n) is 12.5. The van der Waals surface area contributed by atoms with Crippen molar-refractivity contribution in [3.8, 4) is 11.1 Å². The topological polar surface area (TPSA) is 46.4 Å². The standard InChI is InChI=1S/C34H44N8/c1-37-17-21-40(22-18-37)30-12-15-39(16-13-30)29-10-8-28(9-11-29)32-7-4-14-42-34(32)35-33(36-42)26-27-5-3-6-31(25-27)41-23-19-38(2)20-24-41/h3-11,14,25,30H,12-13,15-24,26H2,1-2H3. The Labute approximate surface area is 250 Å². The maximum absolute atomic E-state index is 5.02. The van der Waals surface area contributed by atoms with Crippen molar-refractivity contribution in [2.75, 3.05) is 89.3 Å². The Balaban J connectivity index is 1.02. The van der Waals surface area contributed by atoms with Gasteiger partial charge in [-0.25, -0.2) is 9.50 Å². The molecule has 0 amide bonds. The summed E-state index contributed by atoms with van der Waals surface area (Å²) in [6, 6.07) is 23.0. The molecule has 0 unspecified atom stereocenters. The molecular weight excluding hydrogens is 520 g/mol. The Morgan fingerprint density at radius 1 is 0.690 bits per heavy atom. The number of likely N-dealkylation sites (N-methyl/N-ethyl adjacent to an activating group) is 2. The lowest BCUT2D eigenvalue weighted by molar-refractivity contribution is 0.0982. The van der Waals surface area contributed by atoms with E-state index in [1.165, 1.54) is 61.5 Å². The third kappa shape index (κ3) is 5.89. The maximum Gasteiger partial charge on any atom is 0.163 e. The summed E-state index contributed by atoms with van der Waals surface area (Å²) in [4.78, 5) is 17.6. The van der Waals surface area contributed by atoms with Gasteiger partial charge in [0.2, 0.25) is 0 Å². The molecule has 5 heterocycles. The molecular formula is C34H44N8. The minimum atomic E-state index is 0.728. The monoisotopic (exact) mass is 564 g/mol. The molecule has 42 heavy (non-hydrogen) atoms. The van der Waals surface area contributed by atoms with E-state index in [0.29, 0.717) is 0 Å². The molecule has 2 aromatic carbocycles. The lowest BCUT2D eigenvalue weighted by Crippen LogP contribution is -2.52. The highest BCUT2D eigenvalue weighted by Gasteiger charge is 2.27. The maximum atomic E-state index is 5.02. The lowest BCUT2D eigenvalue weighted by atomic mass is 10.0. The smallest absolute Gasteiger partial charge is 0.163 e. The van der Waals surface area contributed by atoms with Crippen LogP contribution in [0, 0.1) is 0 Å². The number of nitrogens with zero attached hydrogens (tertiary/aromatic N) is 8. The zero-order chi connectivity index (χ0) is 28.5. The van der Waals surface area contributed by atoms with Crippen LogP contribution in [0.5, 0.6) is 0 Å². The Morgan fingerprint density at radius 2 is 1.38 bits per heavy atom. The molecule has 220 valence electrons. The van der Waals surface area contributed by atoms with Crippen LogP contribution in [-0.2, 0) is 6.42 Å². The number of fused-ring (bicyclic) bond motifs is 1. The second kappa shape index (κ2) is 12.0. The molecule has 8 heteroatoms. The first-order valence-electron chi connectivity index (χ1n) is 15.7. The van der Waals surface area contributed by atoms with E-state index in [0.717, 1.165) is 68.8 Å². The van der Waals surface area contributed by atoms with Crippen LogP contribution in [0.1, 0.15) is 24.2 Å². The van der Waals surface area contributed by atoms with E-state index in [2.05, 4.69) is 99.3 Å². The van der Waals surface area contributed by atoms with Crippen LogP contribution in [0.2, 0.25) is 0 Å². The molecule has 3 aliphatic heterocycles. The zero-order valence-electron chi connectivity index (χ0n) is 25.2. The first-order valence-corrected chi connectivity index (χ1v) is 15.7. The van der Waals surface area contributed by atoms with Gasteiger partial charge in [-0.3, -0.25) is 4.90 Å². The fraction of sp³-hybridized carbons (Fsp3) is 0.471. The predicted molar refractivity (Wildman–Crippen MR) is 172 cm³/mol. The van der Waals surface area contributed by atoms with Gasteiger partial charge in [0.25, 0.3) is 0 Å². The SMILES string of the molecule is CN1CCN(c2cccc(Cc3nc4c(-c5ccc(N6CCC(N7CCN(C)CC7)CC6)cc5)cccn4n3)c2)CC1. The van der Waals surface area contributed by atoms with Gasteiger partial charge in [-0.2, -0.15) is 5.10 Å². The number of rotatable bonds is 6. The summed E-state index contributed by atoms with van der Waals surface area (Å²) >= 11 is 0. The molecule has 0 saturated carbocycles. The predicted octanol–water partition coefficient (Wildman–Crippen LogP) is 3.96. The largest absolute Gasteiger partial charge is 0.371 e. The van der Waals surface area contributed by atoms with Gasteiger partial charge >= 0.3 is 0 Å². The van der Waals surface area contributed by atoms with Crippen LogP contribution in [-0.4, -0.2) is 115 Å². The van der Waals surface area contributed by atoms with Gasteiger partial charge in [0, 0.05) is 101 Å². The van der Waals surface area contributed by atoms with E-state index >= 15 is 0 Å². The summed E-state index contributed by atoms with van der Waals surface area (Å²) in [6.07, 6.45) is 5.25. The Morgan fingerprint density at radius 3 is 2.12 bits per heavy atom. The quantitative estimate of drug-likeness (QED) is 0.352. The van der Waals surface area contributed by atoms with Crippen molar-refractivity contribution in [2.45, 2.75) is 25.3 Å². The zero-order valence-corrected chi connectivity index (χ0v) is 25.2. The van der Waals surface area contributed by atoms with E-state index in [1.807, 2.05) is 10.7 Å². The summed E-state index contributed by atoms with van der Waals surface area (Å²) in [5.41, 5.74) is 7.11. The number of piperidine rings is 1. The summed E-state index contributed by atoms with van der Waals surface area (Å²) in [7, 11) is 4.44. The second-order valence-corrected chi connectivity index (χ2v) is 12.5. The third-order valence-electron chi connectivity index (χ3n) is 9.61. The van der Waals surface area contributed by atoms with Crippen molar-refractivity contribution in [3.63, 3.8) is 0 Å². The van der Waals surface area contributed by atoms with Crippen LogP contribution in [0.4, 0.5) is 11.4 Å². The van der Waals surface area contributed by atoms with E-state index in [-0.39, 0.29) is 0 Å². The van der Waals surface area contributed by atoms with Gasteiger partial charge in [-0.05, 0) is 74.5 Å². The van der Waals surface area contributed by atoms with Crippen molar-refractivity contribution >= 4 is 17.0 Å². The average Bonchev–Trinajstić information content (AvgIpc) is 3.45. The van der Waals surface area contributed by atoms with E-state index in [1.54, 1.807) is 0 Å². The molecule has 3 fully saturated rings. The van der Waals surface area contributed by atoms with Crippen molar-refractivity contribution in [2.24, 2.45) is 0 Å². The lowest BCUT2D eigenvalue weighted by Gasteiger charge is -2.42. The highest BCUT2D eigenvalue weighted by Crippen LogP contribution is 2.29. The normalized spacial score (nSPS) is 20.0. The van der Waals surface area contributed by atoms with Crippen molar-refractivity contribution in [1.82, 2.24) is 29.3 Å². The molecule has 0 aliphatic carbocycles. The minimum absolute atomic E-state index is 0.728. The number of piperazine rings is 2. The van der Waals surface area contributed by atoms with Gasteiger partial charge in [0.05, 0.1) is 0 Å². The first kappa shape index (κ1) is 27.4. The van der Waals surface area contributed by atoms with Gasteiger partial charge in [0.1, 0.15) is 0 Å². The van der Waals surface area contributed by atoms with Crippen molar-refractivity contribution in [3.05, 3.63) is 78.2 Å². The third-order valence-corrected chi connectivity index (χ3v) is 9.61. The van der Waals surface area contributed by atoms with Crippen molar-refractivity contribution in [1.29, 1.82) is 0 Å². The molecule has 4 aromatic rings. The number of benzene rings is 2. The van der Waals surface area contributed by atoms with Crippen molar-refractivity contribution < 1.29 is 0 Å². The summed E-state index contributed by atoms with van der Waals surface area (Å²) in [5.74, 6) is 0.859. The highest BCUT2D eigenvalue weighted by atomic mass is 15.3. The number of hydrogen-bond donors (Lipinski definition) is 0. The van der Waals surface area contributed by atoms with Crippen LogP contribution in [0.3, 0.4) is 0 Å². The molecule has 8 nitrogen and oxygen atoms in total. The van der Waals surface area contributed by atoms with Crippen LogP contribution >= 0.6 is 0 Å². The molecule has 3 aliphatic rings. The average molecular weight is 565 g/mol. The molecule has 0 N–H and O–H groups in total. The highest BCUT2D eigenvalue weighted by molar-refractivity contribution is 5.78. The number of aromatic nitrogens is 3. The Hall–Kier alpha value is -3.46. The fourth-order valence-electron chi connectivity index (χ4n) is 6.89. The molecule has 7 rings (SSSR count). The van der Waals surface area contributed by atoms with Gasteiger partial charge in [-0.1, -0.05) is 24.3 Å².